The van der Waals surface area contributed by atoms with Gasteiger partial charge in [0.05, 0.1) is 5.41 Å². The number of hydrogen-bond acceptors (Lipinski definition) is 1. The van der Waals surface area contributed by atoms with E-state index in [1.165, 1.54) is 5.54 Å². The number of ether oxygens (including phenoxy) is 1. The molecule has 1 nitrogen and oxygen atoms in total. The molecule has 1 aromatic rings. The summed E-state index contributed by atoms with van der Waals surface area (Å²) in [5, 5.41) is 0.653. The van der Waals surface area contributed by atoms with E-state index in [0.29, 0.717) is 16.5 Å². The van der Waals surface area contributed by atoms with Gasteiger partial charge in [-0.25, -0.2) is 0 Å². The van der Waals surface area contributed by atoms with Gasteiger partial charge in [0.25, 0.3) is 0 Å². The van der Waals surface area contributed by atoms with E-state index in [1.54, 1.807) is 24.3 Å². The van der Waals surface area contributed by atoms with Crippen LogP contribution < -0.4 is 4.74 Å². The Morgan fingerprint density at radius 3 is 2.38 bits per heavy atom. The molecule has 0 aliphatic heterocycles. The zero-order chi connectivity index (χ0) is 12.2. The van der Waals surface area contributed by atoms with E-state index in [2.05, 4.69) is 5.92 Å². The number of terminal acetylenes is 1. The average molecular weight is 255 g/mol. The van der Waals surface area contributed by atoms with Crippen molar-refractivity contribution in [2.24, 2.45) is 5.41 Å². The van der Waals surface area contributed by atoms with Crippen molar-refractivity contribution >= 4 is 23.2 Å². The summed E-state index contributed by atoms with van der Waals surface area (Å²) in [4.78, 5) is 0. The molecule has 0 fully saturated rings. The van der Waals surface area contributed by atoms with Gasteiger partial charge in [0, 0.05) is 10.6 Å². The lowest BCUT2D eigenvalue weighted by molar-refractivity contribution is 0.329. The van der Waals surface area contributed by atoms with E-state index >= 15 is 0 Å². The van der Waals surface area contributed by atoms with Gasteiger partial charge in [0.1, 0.15) is 11.5 Å². The molecule has 0 aliphatic rings. The molecule has 0 aromatic heterocycles. The first-order valence-electron chi connectivity index (χ1n) is 4.71. The molecule has 0 unspecified atom stereocenters. The van der Waals surface area contributed by atoms with Crippen LogP contribution in [0.4, 0.5) is 0 Å². The number of allylic oxidation sites excluding steroid dienone is 1. The fourth-order valence-corrected chi connectivity index (χ4v) is 1.43. The van der Waals surface area contributed by atoms with Crippen LogP contribution in [0.1, 0.15) is 13.8 Å². The quantitative estimate of drug-likeness (QED) is 0.572. The fourth-order valence-electron chi connectivity index (χ4n) is 0.987. The van der Waals surface area contributed by atoms with E-state index in [0.717, 1.165) is 0 Å². The Balaban J connectivity index is 2.89. The highest BCUT2D eigenvalue weighted by Gasteiger charge is 2.22. The van der Waals surface area contributed by atoms with E-state index in [-0.39, 0.29) is 0 Å². The van der Waals surface area contributed by atoms with Gasteiger partial charge in [0.15, 0.2) is 0 Å². The molecule has 0 amide bonds. The normalized spacial score (nSPS) is 12.1. The Morgan fingerprint density at radius 2 is 1.94 bits per heavy atom. The molecule has 1 rings (SSSR count). The van der Waals surface area contributed by atoms with Gasteiger partial charge >= 0.3 is 0 Å². The number of rotatable bonds is 3. The topological polar surface area (TPSA) is 9.23 Å². The number of halogens is 2. The minimum atomic E-state index is -0.540. The maximum absolute atomic E-state index is 5.77. The fraction of sp³-hybridized carbons (Fsp3) is 0.231. The van der Waals surface area contributed by atoms with Crippen molar-refractivity contribution in [3.63, 3.8) is 0 Å². The molecule has 0 radical (unpaired) electrons. The Kier molecular flexibility index (Phi) is 4.29. The molecule has 0 atom stereocenters. The van der Waals surface area contributed by atoms with E-state index in [9.17, 15) is 0 Å². The van der Waals surface area contributed by atoms with Crippen molar-refractivity contribution < 1.29 is 4.74 Å². The van der Waals surface area contributed by atoms with Crippen LogP contribution in [0, 0.1) is 17.8 Å². The van der Waals surface area contributed by atoms with Gasteiger partial charge in [-0.1, -0.05) is 29.1 Å². The lowest BCUT2D eigenvalue weighted by Crippen LogP contribution is -2.16. The zero-order valence-corrected chi connectivity index (χ0v) is 10.6. The van der Waals surface area contributed by atoms with Crippen LogP contribution in [0.15, 0.2) is 35.6 Å². The third kappa shape index (κ3) is 3.20. The summed E-state index contributed by atoms with van der Waals surface area (Å²) in [5.74, 6) is 3.80. The molecular formula is C13H12Cl2O. The second-order valence-electron chi connectivity index (χ2n) is 3.80. The number of hydrogen-bond donors (Lipinski definition) is 0. The summed E-state index contributed by atoms with van der Waals surface area (Å²) in [6, 6.07) is 7.00. The Hall–Kier alpha value is -1.10. The van der Waals surface area contributed by atoms with Crippen molar-refractivity contribution in [3.8, 4) is 18.1 Å². The average Bonchev–Trinajstić information content (AvgIpc) is 2.28. The van der Waals surface area contributed by atoms with Crippen LogP contribution in [0.2, 0.25) is 5.02 Å². The summed E-state index contributed by atoms with van der Waals surface area (Å²) in [6.45, 7) is 3.72. The summed E-state index contributed by atoms with van der Waals surface area (Å²) >= 11 is 11.5. The van der Waals surface area contributed by atoms with Crippen LogP contribution >= 0.6 is 23.2 Å². The maximum atomic E-state index is 5.77. The Bertz CT molecular complexity index is 424. The van der Waals surface area contributed by atoms with Gasteiger partial charge in [-0.05, 0) is 38.1 Å². The SMILES string of the molecule is C#CC(C)(C)C(=CCl)Oc1ccc(Cl)cc1. The van der Waals surface area contributed by atoms with Gasteiger partial charge in [0.2, 0.25) is 0 Å². The molecule has 3 heteroatoms. The van der Waals surface area contributed by atoms with E-state index < -0.39 is 5.41 Å². The molecule has 0 saturated carbocycles. The molecule has 0 N–H and O–H groups in total. The molecule has 0 saturated heterocycles. The molecule has 0 heterocycles. The molecule has 1 aromatic carbocycles. The molecular weight excluding hydrogens is 243 g/mol. The van der Waals surface area contributed by atoms with Crippen LogP contribution in [0.25, 0.3) is 0 Å². The molecule has 0 bridgehead atoms. The van der Waals surface area contributed by atoms with Crippen molar-refractivity contribution in [1.82, 2.24) is 0 Å². The predicted octanol–water partition coefficient (Wildman–Crippen LogP) is 4.46. The van der Waals surface area contributed by atoms with Crippen LogP contribution in [-0.4, -0.2) is 0 Å². The van der Waals surface area contributed by atoms with Crippen molar-refractivity contribution in [2.45, 2.75) is 13.8 Å². The van der Waals surface area contributed by atoms with Gasteiger partial charge < -0.3 is 4.74 Å². The maximum Gasteiger partial charge on any atom is 0.133 e. The standard InChI is InChI=1S/C13H12Cl2O/c1-4-13(2,3)12(9-14)16-11-7-5-10(15)6-8-11/h1,5-9H,2-3H3. The summed E-state index contributed by atoms with van der Waals surface area (Å²) in [5.41, 5.74) is 0.815. The molecule has 0 aliphatic carbocycles. The Labute approximate surface area is 106 Å². The van der Waals surface area contributed by atoms with Crippen LogP contribution in [-0.2, 0) is 0 Å². The highest BCUT2D eigenvalue weighted by atomic mass is 35.5. The van der Waals surface area contributed by atoms with Gasteiger partial charge in [-0.2, -0.15) is 0 Å². The lowest BCUT2D eigenvalue weighted by atomic mass is 9.93. The largest absolute Gasteiger partial charge is 0.459 e. The Morgan fingerprint density at radius 1 is 1.38 bits per heavy atom. The molecule has 0 spiro atoms. The third-order valence-corrected chi connectivity index (χ3v) is 2.57. The monoisotopic (exact) mass is 254 g/mol. The minimum absolute atomic E-state index is 0.527. The predicted molar refractivity (Wildman–Crippen MR) is 68.6 cm³/mol. The highest BCUT2D eigenvalue weighted by molar-refractivity contribution is 6.30. The highest BCUT2D eigenvalue weighted by Crippen LogP contribution is 2.29. The molecule has 84 valence electrons. The smallest absolute Gasteiger partial charge is 0.133 e. The molecule has 16 heavy (non-hydrogen) atoms. The van der Waals surface area contributed by atoms with E-state index in [1.807, 2.05) is 13.8 Å². The van der Waals surface area contributed by atoms with Gasteiger partial charge in [-0.15, -0.1) is 6.42 Å². The van der Waals surface area contributed by atoms with Crippen molar-refractivity contribution in [1.29, 1.82) is 0 Å². The summed E-state index contributed by atoms with van der Waals surface area (Å²) < 4.78 is 5.60. The first-order valence-corrected chi connectivity index (χ1v) is 5.53. The van der Waals surface area contributed by atoms with E-state index in [4.69, 9.17) is 34.4 Å². The second-order valence-corrected chi connectivity index (χ2v) is 4.45. The second kappa shape index (κ2) is 5.30. The van der Waals surface area contributed by atoms with Crippen molar-refractivity contribution in [2.75, 3.05) is 0 Å². The summed E-state index contributed by atoms with van der Waals surface area (Å²) in [7, 11) is 0. The minimum Gasteiger partial charge on any atom is -0.459 e. The first kappa shape index (κ1) is 13.0. The van der Waals surface area contributed by atoms with Crippen LogP contribution in [0.5, 0.6) is 5.75 Å². The van der Waals surface area contributed by atoms with Gasteiger partial charge in [-0.3, -0.25) is 0 Å². The van der Waals surface area contributed by atoms with Crippen LogP contribution in [0.3, 0.4) is 0 Å². The lowest BCUT2D eigenvalue weighted by Gasteiger charge is -2.21. The zero-order valence-electron chi connectivity index (χ0n) is 9.13. The van der Waals surface area contributed by atoms with Crippen molar-refractivity contribution in [3.05, 3.63) is 40.6 Å². The first-order chi connectivity index (χ1) is 7.49. The number of benzene rings is 1. The third-order valence-electron chi connectivity index (χ3n) is 2.12. The summed E-state index contributed by atoms with van der Waals surface area (Å²) in [6.07, 6.45) is 5.41.